The Bertz CT molecular complexity index is 635. The summed E-state index contributed by atoms with van der Waals surface area (Å²) in [5.41, 5.74) is 7.66. The van der Waals surface area contributed by atoms with Crippen molar-refractivity contribution in [2.24, 2.45) is 0 Å². The van der Waals surface area contributed by atoms with E-state index in [1.165, 1.54) is 5.56 Å². The monoisotopic (exact) mass is 332 g/mol. The topological polar surface area (TPSA) is 85.9 Å². The Morgan fingerprint density at radius 3 is 2.87 bits per heavy atom. The smallest absolute Gasteiger partial charge is 0.241 e. The molecule has 2 aromatic rings. The second kappa shape index (κ2) is 6.38. The van der Waals surface area contributed by atoms with Gasteiger partial charge in [0.1, 0.15) is 18.2 Å². The van der Waals surface area contributed by atoms with Gasteiger partial charge in [-0.05, 0) is 41.7 Å². The minimum Gasteiger partial charge on any atom is -0.341 e. The molecule has 0 aromatic carbocycles. The van der Waals surface area contributed by atoms with Crippen LogP contribution in [0.15, 0.2) is 23.2 Å². The van der Waals surface area contributed by atoms with Crippen LogP contribution >= 0.6 is 11.3 Å². The Labute approximate surface area is 138 Å². The lowest BCUT2D eigenvalue weighted by molar-refractivity contribution is -0.134. The summed E-state index contributed by atoms with van der Waals surface area (Å²) in [4.78, 5) is 18.9. The van der Waals surface area contributed by atoms with Gasteiger partial charge in [0.2, 0.25) is 5.91 Å². The van der Waals surface area contributed by atoms with E-state index in [0.29, 0.717) is 5.92 Å². The molecule has 2 unspecified atom stereocenters. The fourth-order valence-corrected chi connectivity index (χ4v) is 4.13. The Kier molecular flexibility index (Phi) is 4.11. The number of aromatic nitrogens is 3. The van der Waals surface area contributed by atoms with Gasteiger partial charge in [-0.25, -0.2) is 15.8 Å². The number of thiophene rings is 1. The third-order valence-electron chi connectivity index (χ3n) is 4.77. The fraction of sp³-hybridized carbons (Fsp3) is 0.533. The molecule has 2 atom stereocenters. The number of amides is 1. The third-order valence-corrected chi connectivity index (χ3v) is 5.48. The van der Waals surface area contributed by atoms with Crippen molar-refractivity contribution in [2.45, 2.75) is 37.3 Å². The molecule has 0 bridgehead atoms. The summed E-state index contributed by atoms with van der Waals surface area (Å²) < 4.78 is 0. The number of aromatic amines is 1. The largest absolute Gasteiger partial charge is 0.341 e. The van der Waals surface area contributed by atoms with Crippen molar-refractivity contribution in [1.82, 2.24) is 30.9 Å². The number of piperidine rings is 1. The number of hydrogen-bond donors (Lipinski definition) is 3. The molecule has 2 fully saturated rings. The lowest BCUT2D eigenvalue weighted by Gasteiger charge is -2.32. The van der Waals surface area contributed by atoms with Crippen molar-refractivity contribution in [3.8, 4) is 0 Å². The van der Waals surface area contributed by atoms with E-state index >= 15 is 0 Å². The highest BCUT2D eigenvalue weighted by atomic mass is 32.1. The summed E-state index contributed by atoms with van der Waals surface area (Å²) in [6, 6.07) is 2.20. The van der Waals surface area contributed by atoms with Gasteiger partial charge in [0.25, 0.3) is 0 Å². The van der Waals surface area contributed by atoms with E-state index in [-0.39, 0.29) is 18.0 Å². The standard InChI is InChI=1S/C15H20N6OS/c22-15(13-7-12(18-19-13)11-3-6-23-8-11)21-4-1-10(2-5-21)14-16-9-17-20-14/h3,6,8-10,12-13,18-19H,1-2,4-5,7H2,(H,16,17,20). The normalized spacial score (nSPS) is 25.8. The van der Waals surface area contributed by atoms with E-state index in [4.69, 9.17) is 0 Å². The van der Waals surface area contributed by atoms with Crippen molar-refractivity contribution in [3.05, 3.63) is 34.5 Å². The minimum atomic E-state index is -0.137. The molecule has 7 nitrogen and oxygen atoms in total. The summed E-state index contributed by atoms with van der Waals surface area (Å²) in [5, 5.41) is 11.1. The maximum atomic E-state index is 12.7. The fourth-order valence-electron chi connectivity index (χ4n) is 3.42. The van der Waals surface area contributed by atoms with Gasteiger partial charge >= 0.3 is 0 Å². The molecule has 2 aromatic heterocycles. The summed E-state index contributed by atoms with van der Waals surface area (Å²) in [6.07, 6.45) is 4.23. The SMILES string of the molecule is O=C(C1CC(c2ccsc2)NN1)N1CCC(c2ncn[nH]2)CC1. The summed E-state index contributed by atoms with van der Waals surface area (Å²) in [7, 11) is 0. The second-order valence-corrected chi connectivity index (χ2v) is 6.94. The lowest BCUT2D eigenvalue weighted by Crippen LogP contribution is -2.48. The number of rotatable bonds is 3. The maximum Gasteiger partial charge on any atom is 0.241 e. The van der Waals surface area contributed by atoms with Gasteiger partial charge in [-0.3, -0.25) is 9.89 Å². The zero-order chi connectivity index (χ0) is 15.6. The Morgan fingerprint density at radius 2 is 2.17 bits per heavy atom. The second-order valence-electron chi connectivity index (χ2n) is 6.16. The highest BCUT2D eigenvalue weighted by Gasteiger charge is 2.34. The number of H-pyrrole nitrogens is 1. The summed E-state index contributed by atoms with van der Waals surface area (Å²) in [6.45, 7) is 1.57. The van der Waals surface area contributed by atoms with Crippen molar-refractivity contribution in [2.75, 3.05) is 13.1 Å². The molecule has 0 saturated carbocycles. The average Bonchev–Trinajstić information content (AvgIpc) is 3.36. The van der Waals surface area contributed by atoms with Crippen molar-refractivity contribution in [3.63, 3.8) is 0 Å². The molecule has 122 valence electrons. The van der Waals surface area contributed by atoms with E-state index in [9.17, 15) is 4.79 Å². The van der Waals surface area contributed by atoms with Gasteiger partial charge in [-0.2, -0.15) is 16.4 Å². The van der Waals surface area contributed by atoms with Crippen LogP contribution in [0.4, 0.5) is 0 Å². The van der Waals surface area contributed by atoms with Gasteiger partial charge in [0.05, 0.1) is 0 Å². The van der Waals surface area contributed by atoms with Crippen molar-refractivity contribution < 1.29 is 4.79 Å². The highest BCUT2D eigenvalue weighted by molar-refractivity contribution is 7.07. The van der Waals surface area contributed by atoms with Crippen LogP contribution in [0.2, 0.25) is 0 Å². The molecule has 0 radical (unpaired) electrons. The first-order valence-electron chi connectivity index (χ1n) is 7.98. The van der Waals surface area contributed by atoms with Crippen molar-refractivity contribution >= 4 is 17.2 Å². The molecule has 3 N–H and O–H groups in total. The first-order chi connectivity index (χ1) is 11.3. The van der Waals surface area contributed by atoms with E-state index < -0.39 is 0 Å². The number of hydrazine groups is 1. The maximum absolute atomic E-state index is 12.7. The zero-order valence-electron chi connectivity index (χ0n) is 12.7. The molecule has 2 saturated heterocycles. The molecular formula is C15H20N6OS. The summed E-state index contributed by atoms with van der Waals surface area (Å²) >= 11 is 1.69. The van der Waals surface area contributed by atoms with Crippen molar-refractivity contribution in [1.29, 1.82) is 0 Å². The quantitative estimate of drug-likeness (QED) is 0.786. The molecule has 0 aliphatic carbocycles. The minimum absolute atomic E-state index is 0.137. The van der Waals surface area contributed by atoms with Crippen LogP contribution in [0, 0.1) is 0 Å². The summed E-state index contributed by atoms with van der Waals surface area (Å²) in [5.74, 6) is 1.52. The number of likely N-dealkylation sites (tertiary alicyclic amines) is 1. The Balaban J connectivity index is 1.32. The van der Waals surface area contributed by atoms with E-state index in [2.05, 4.69) is 42.9 Å². The molecule has 1 amide bonds. The molecule has 2 aliphatic rings. The van der Waals surface area contributed by atoms with Gasteiger partial charge in [0.15, 0.2) is 0 Å². The molecule has 23 heavy (non-hydrogen) atoms. The molecule has 4 heterocycles. The lowest BCUT2D eigenvalue weighted by atomic mass is 9.95. The van der Waals surface area contributed by atoms with E-state index in [0.717, 1.165) is 38.2 Å². The van der Waals surface area contributed by atoms with Crippen LogP contribution in [0.1, 0.15) is 42.6 Å². The van der Waals surface area contributed by atoms with Gasteiger partial charge in [0, 0.05) is 25.0 Å². The van der Waals surface area contributed by atoms with Gasteiger partial charge in [-0.15, -0.1) is 0 Å². The van der Waals surface area contributed by atoms with Crippen LogP contribution in [-0.4, -0.2) is 45.1 Å². The van der Waals surface area contributed by atoms with Crippen LogP contribution < -0.4 is 10.9 Å². The first-order valence-corrected chi connectivity index (χ1v) is 8.93. The van der Waals surface area contributed by atoms with E-state index in [1.807, 2.05) is 4.90 Å². The number of nitrogens with one attached hydrogen (secondary N) is 3. The van der Waals surface area contributed by atoms with Crippen LogP contribution in [0.3, 0.4) is 0 Å². The van der Waals surface area contributed by atoms with Crippen LogP contribution in [0.25, 0.3) is 0 Å². The van der Waals surface area contributed by atoms with Gasteiger partial charge in [-0.1, -0.05) is 0 Å². The number of nitrogens with zero attached hydrogens (tertiary/aromatic N) is 3. The Hall–Kier alpha value is -1.77. The Morgan fingerprint density at radius 1 is 1.30 bits per heavy atom. The predicted octanol–water partition coefficient (Wildman–Crippen LogP) is 1.18. The van der Waals surface area contributed by atoms with Gasteiger partial charge < -0.3 is 4.90 Å². The van der Waals surface area contributed by atoms with Crippen LogP contribution in [0.5, 0.6) is 0 Å². The third kappa shape index (κ3) is 3.01. The number of carbonyl (C=O) groups is 1. The molecule has 2 aliphatic heterocycles. The number of hydrogen-bond acceptors (Lipinski definition) is 6. The van der Waals surface area contributed by atoms with E-state index in [1.54, 1.807) is 17.7 Å². The molecule has 4 rings (SSSR count). The highest BCUT2D eigenvalue weighted by Crippen LogP contribution is 2.28. The molecule has 8 heteroatoms. The molecule has 0 spiro atoms. The average molecular weight is 332 g/mol. The molecular weight excluding hydrogens is 312 g/mol. The van der Waals surface area contributed by atoms with Crippen LogP contribution in [-0.2, 0) is 4.79 Å². The predicted molar refractivity (Wildman–Crippen MR) is 86.7 cm³/mol. The zero-order valence-corrected chi connectivity index (χ0v) is 13.6. The first kappa shape index (κ1) is 14.8. The number of carbonyl (C=O) groups excluding carboxylic acids is 1.